The number of H-pyrrole nitrogens is 1. The quantitative estimate of drug-likeness (QED) is 0.809. The standard InChI is InChI=1S/C20H26N2O5/c1-25-17-12-15-14(10-16(21-15)19(23)24)11-18(17)27-9-7-22-5-2-20(3-6-22)4-8-26-13-20/h10-12,21H,2-9,13H2,1H3,(H,23,24). The van der Waals surface area contributed by atoms with E-state index in [2.05, 4.69) is 9.88 Å². The van der Waals surface area contributed by atoms with Gasteiger partial charge in [-0.2, -0.15) is 0 Å². The molecular weight excluding hydrogens is 348 g/mol. The molecule has 1 aromatic heterocycles. The molecule has 1 spiro atoms. The highest BCUT2D eigenvalue weighted by molar-refractivity contribution is 5.94. The van der Waals surface area contributed by atoms with E-state index in [0.29, 0.717) is 23.5 Å². The molecule has 0 radical (unpaired) electrons. The van der Waals surface area contributed by atoms with Gasteiger partial charge in [0.05, 0.1) is 19.2 Å². The molecule has 0 amide bonds. The Balaban J connectivity index is 1.36. The number of nitrogens with one attached hydrogen (secondary N) is 1. The van der Waals surface area contributed by atoms with E-state index in [4.69, 9.17) is 19.3 Å². The molecule has 4 rings (SSSR count). The van der Waals surface area contributed by atoms with Crippen LogP contribution in [0, 0.1) is 5.41 Å². The lowest BCUT2D eigenvalue weighted by Crippen LogP contribution is -2.42. The number of fused-ring (bicyclic) bond motifs is 1. The molecule has 2 saturated heterocycles. The van der Waals surface area contributed by atoms with Gasteiger partial charge in [-0.25, -0.2) is 4.79 Å². The molecule has 7 nitrogen and oxygen atoms in total. The van der Waals surface area contributed by atoms with E-state index in [9.17, 15) is 4.79 Å². The van der Waals surface area contributed by atoms with Crippen molar-refractivity contribution in [3.63, 3.8) is 0 Å². The van der Waals surface area contributed by atoms with Gasteiger partial charge in [-0.3, -0.25) is 4.90 Å². The number of piperidine rings is 1. The zero-order chi connectivity index (χ0) is 18.9. The van der Waals surface area contributed by atoms with Crippen LogP contribution in [0.15, 0.2) is 18.2 Å². The highest BCUT2D eigenvalue weighted by Crippen LogP contribution is 2.39. The number of benzene rings is 1. The average Bonchev–Trinajstić information content (AvgIpc) is 3.29. The summed E-state index contributed by atoms with van der Waals surface area (Å²) in [6.07, 6.45) is 3.59. The molecule has 0 atom stereocenters. The van der Waals surface area contributed by atoms with Crippen molar-refractivity contribution in [1.29, 1.82) is 0 Å². The summed E-state index contributed by atoms with van der Waals surface area (Å²) in [7, 11) is 1.59. The number of hydrogen-bond acceptors (Lipinski definition) is 5. The Morgan fingerprint density at radius 3 is 2.74 bits per heavy atom. The Morgan fingerprint density at radius 2 is 2.07 bits per heavy atom. The van der Waals surface area contributed by atoms with Gasteiger partial charge < -0.3 is 24.3 Å². The van der Waals surface area contributed by atoms with Gasteiger partial charge in [0, 0.05) is 24.6 Å². The Hall–Kier alpha value is -2.25. The lowest BCUT2D eigenvalue weighted by atomic mass is 9.78. The van der Waals surface area contributed by atoms with Crippen molar-refractivity contribution < 1.29 is 24.1 Å². The number of nitrogens with zero attached hydrogens (tertiary/aromatic N) is 1. The summed E-state index contributed by atoms with van der Waals surface area (Å²) in [5.74, 6) is 0.253. The van der Waals surface area contributed by atoms with Gasteiger partial charge in [0.1, 0.15) is 12.3 Å². The SMILES string of the molecule is COc1cc2[nH]c(C(=O)O)cc2cc1OCCN1CCC2(CCOC2)CC1. The first kappa shape index (κ1) is 18.1. The van der Waals surface area contributed by atoms with Crippen molar-refractivity contribution in [2.75, 3.05) is 46.6 Å². The maximum Gasteiger partial charge on any atom is 0.352 e. The second kappa shape index (κ2) is 7.40. The number of rotatable bonds is 6. The van der Waals surface area contributed by atoms with E-state index >= 15 is 0 Å². The van der Waals surface area contributed by atoms with E-state index in [0.717, 1.165) is 43.8 Å². The van der Waals surface area contributed by atoms with Gasteiger partial charge in [0.15, 0.2) is 11.5 Å². The van der Waals surface area contributed by atoms with Gasteiger partial charge in [0.2, 0.25) is 0 Å². The van der Waals surface area contributed by atoms with E-state index in [1.165, 1.54) is 19.3 Å². The second-order valence-corrected chi connectivity index (χ2v) is 7.57. The first-order valence-electron chi connectivity index (χ1n) is 9.46. The third-order valence-electron chi connectivity index (χ3n) is 5.90. The molecule has 3 heterocycles. The van der Waals surface area contributed by atoms with Crippen LogP contribution in [-0.4, -0.2) is 67.5 Å². The van der Waals surface area contributed by atoms with Gasteiger partial charge >= 0.3 is 5.97 Å². The summed E-state index contributed by atoms with van der Waals surface area (Å²) in [5, 5.41) is 9.93. The molecular formula is C20H26N2O5. The van der Waals surface area contributed by atoms with Crippen molar-refractivity contribution >= 4 is 16.9 Å². The fourth-order valence-corrected chi connectivity index (χ4v) is 4.11. The van der Waals surface area contributed by atoms with Crippen molar-refractivity contribution in [2.24, 2.45) is 5.41 Å². The van der Waals surface area contributed by atoms with Crippen LogP contribution < -0.4 is 9.47 Å². The lowest BCUT2D eigenvalue weighted by Gasteiger charge is -2.38. The van der Waals surface area contributed by atoms with Gasteiger partial charge in [0.25, 0.3) is 0 Å². The maximum atomic E-state index is 11.1. The van der Waals surface area contributed by atoms with Crippen LogP contribution in [0.25, 0.3) is 10.9 Å². The van der Waals surface area contributed by atoms with Crippen LogP contribution in [0.2, 0.25) is 0 Å². The number of aromatic nitrogens is 1. The fourth-order valence-electron chi connectivity index (χ4n) is 4.11. The van der Waals surface area contributed by atoms with Crippen LogP contribution in [0.3, 0.4) is 0 Å². The largest absolute Gasteiger partial charge is 0.493 e. The number of ether oxygens (including phenoxy) is 3. The number of methoxy groups -OCH3 is 1. The molecule has 146 valence electrons. The number of likely N-dealkylation sites (tertiary alicyclic amines) is 1. The molecule has 2 aromatic rings. The van der Waals surface area contributed by atoms with E-state index in [1.54, 1.807) is 19.2 Å². The van der Waals surface area contributed by atoms with E-state index < -0.39 is 5.97 Å². The first-order valence-corrected chi connectivity index (χ1v) is 9.46. The Morgan fingerprint density at radius 1 is 1.26 bits per heavy atom. The molecule has 2 fully saturated rings. The third kappa shape index (κ3) is 3.75. The van der Waals surface area contributed by atoms with Gasteiger partial charge in [-0.1, -0.05) is 0 Å². The summed E-state index contributed by atoms with van der Waals surface area (Å²) >= 11 is 0. The van der Waals surface area contributed by atoms with Crippen LogP contribution in [-0.2, 0) is 4.74 Å². The highest BCUT2D eigenvalue weighted by Gasteiger charge is 2.37. The topological polar surface area (TPSA) is 84.0 Å². The van der Waals surface area contributed by atoms with Gasteiger partial charge in [-0.05, 0) is 49.9 Å². The second-order valence-electron chi connectivity index (χ2n) is 7.57. The number of carboxylic acid groups (broad SMARTS) is 1. The highest BCUT2D eigenvalue weighted by atomic mass is 16.5. The zero-order valence-corrected chi connectivity index (χ0v) is 15.6. The van der Waals surface area contributed by atoms with Crippen molar-refractivity contribution in [2.45, 2.75) is 19.3 Å². The zero-order valence-electron chi connectivity index (χ0n) is 15.6. The molecule has 2 aliphatic rings. The van der Waals surface area contributed by atoms with Crippen molar-refractivity contribution in [3.8, 4) is 11.5 Å². The molecule has 2 N–H and O–H groups in total. The predicted octanol–water partition coefficient (Wildman–Crippen LogP) is 2.76. The number of carboxylic acids is 1. The molecule has 7 heteroatoms. The Kier molecular flexibility index (Phi) is 4.97. The van der Waals surface area contributed by atoms with Gasteiger partial charge in [-0.15, -0.1) is 0 Å². The number of carbonyl (C=O) groups is 1. The summed E-state index contributed by atoms with van der Waals surface area (Å²) in [6, 6.07) is 5.22. The number of hydrogen-bond donors (Lipinski definition) is 2. The fraction of sp³-hybridized carbons (Fsp3) is 0.550. The van der Waals surface area contributed by atoms with Crippen LogP contribution in [0.1, 0.15) is 29.8 Å². The van der Waals surface area contributed by atoms with Crippen LogP contribution >= 0.6 is 0 Å². The minimum absolute atomic E-state index is 0.155. The smallest absolute Gasteiger partial charge is 0.352 e. The van der Waals surface area contributed by atoms with Crippen molar-refractivity contribution in [3.05, 3.63) is 23.9 Å². The summed E-state index contributed by atoms with van der Waals surface area (Å²) in [5.41, 5.74) is 1.29. The summed E-state index contributed by atoms with van der Waals surface area (Å²) in [6.45, 7) is 5.44. The molecule has 2 aliphatic heterocycles. The lowest BCUT2D eigenvalue weighted by molar-refractivity contribution is 0.0691. The van der Waals surface area contributed by atoms with Crippen molar-refractivity contribution in [1.82, 2.24) is 9.88 Å². The Labute approximate surface area is 158 Å². The molecule has 0 aliphatic carbocycles. The molecule has 1 aromatic carbocycles. The average molecular weight is 374 g/mol. The number of aromatic amines is 1. The van der Waals surface area contributed by atoms with Crippen LogP contribution in [0.4, 0.5) is 0 Å². The molecule has 27 heavy (non-hydrogen) atoms. The molecule has 0 saturated carbocycles. The minimum atomic E-state index is -0.983. The predicted molar refractivity (Wildman–Crippen MR) is 101 cm³/mol. The minimum Gasteiger partial charge on any atom is -0.493 e. The third-order valence-corrected chi connectivity index (χ3v) is 5.90. The monoisotopic (exact) mass is 374 g/mol. The Bertz CT molecular complexity index is 815. The first-order chi connectivity index (χ1) is 13.1. The number of aromatic carboxylic acids is 1. The molecule has 0 bridgehead atoms. The van der Waals surface area contributed by atoms with Crippen LogP contribution in [0.5, 0.6) is 11.5 Å². The summed E-state index contributed by atoms with van der Waals surface area (Å²) in [4.78, 5) is 16.5. The summed E-state index contributed by atoms with van der Waals surface area (Å²) < 4.78 is 17.0. The van der Waals surface area contributed by atoms with E-state index in [1.807, 2.05) is 6.07 Å². The molecule has 0 unspecified atom stereocenters. The van der Waals surface area contributed by atoms with E-state index in [-0.39, 0.29) is 5.69 Å². The normalized spacial score (nSPS) is 19.6. The maximum absolute atomic E-state index is 11.1.